The Morgan fingerprint density at radius 2 is 1.14 bits per heavy atom. The number of hydrogen-bond donors (Lipinski definition) is 0. The van der Waals surface area contributed by atoms with Crippen LogP contribution in [0.15, 0.2) is 0 Å². The minimum absolute atomic E-state index is 0. The van der Waals surface area contributed by atoms with Crippen molar-refractivity contribution in [2.75, 3.05) is 0 Å². The van der Waals surface area contributed by atoms with Crippen molar-refractivity contribution >= 4 is 23.1 Å². The molecule has 0 saturated carbocycles. The summed E-state index contributed by atoms with van der Waals surface area (Å²) in [5, 5.41) is 0. The second-order valence-corrected chi connectivity index (χ2v) is 0. The summed E-state index contributed by atoms with van der Waals surface area (Å²) in [6.07, 6.45) is 0. The van der Waals surface area contributed by atoms with Crippen LogP contribution in [0.5, 0.6) is 0 Å². The van der Waals surface area contributed by atoms with Gasteiger partial charge in [-0.2, -0.15) is 0 Å². The van der Waals surface area contributed by atoms with Gasteiger partial charge in [0.15, 0.2) is 0 Å². The Morgan fingerprint density at radius 1 is 1.14 bits per heavy atom. The van der Waals surface area contributed by atoms with Gasteiger partial charge in [0.2, 0.25) is 0 Å². The minimum Gasteiger partial charge on any atom is -1.00 e. The molecule has 0 aliphatic carbocycles. The molecular weight excluding hydrogens is 364 g/mol. The van der Waals surface area contributed by atoms with E-state index in [1.807, 2.05) is 0 Å². The fourth-order valence-electron chi connectivity index (χ4n) is 0. The molecule has 7 heteroatoms. The first-order valence-electron chi connectivity index (χ1n) is 0. The van der Waals surface area contributed by atoms with E-state index in [2.05, 4.69) is 0 Å². The van der Waals surface area contributed by atoms with Gasteiger partial charge in [-0.15, -0.1) is 0 Å². The molecule has 2 radical (unpaired) electrons. The molecule has 0 fully saturated rings. The average molecular weight is 366 g/mol. The molecule has 0 atom stereocenters. The van der Waals surface area contributed by atoms with E-state index in [9.17, 15) is 0 Å². The van der Waals surface area contributed by atoms with Crippen LogP contribution < -0.4 is 0 Å². The molecule has 0 heterocycles. The molecule has 0 unspecified atom stereocenters. The number of rotatable bonds is 0. The summed E-state index contributed by atoms with van der Waals surface area (Å²) in [4.78, 5) is 0. The Morgan fingerprint density at radius 3 is 1.14 bits per heavy atom. The summed E-state index contributed by atoms with van der Waals surface area (Å²) in [6, 6.07) is 0. The van der Waals surface area contributed by atoms with E-state index in [1.165, 1.54) is 0 Å². The first kappa shape index (κ1) is 66.1. The van der Waals surface area contributed by atoms with E-state index >= 15 is 0 Å². The van der Waals surface area contributed by atoms with Gasteiger partial charge in [0.05, 0.1) is 0 Å². The molecule has 0 aliphatic heterocycles. The van der Waals surface area contributed by atoms with E-state index < -0.39 is 0 Å². The standard InChI is InChI=1S/Cr.Cu.Fe.Mg.Mn.Ti.Zn.2H/q;;;+2;;;;2*-1. The molecule has 0 aliphatic rings. The maximum absolute atomic E-state index is 0. The van der Waals surface area contributed by atoms with Crippen LogP contribution in [0.25, 0.3) is 0 Å². The zero-order valence-corrected chi connectivity index (χ0v) is 13.8. The van der Waals surface area contributed by atoms with Crippen LogP contribution in [0.1, 0.15) is 2.85 Å². The Labute approximate surface area is 133 Å². The third-order valence-corrected chi connectivity index (χ3v) is 0. The van der Waals surface area contributed by atoms with Crippen LogP contribution in [-0.2, 0) is 110 Å². The fraction of sp³-hybridized carbons (Fsp3) is 0. The monoisotopic (exact) mass is 364 g/mol. The average Bonchev–Trinajstić information content (AvgIpc) is 0. The molecule has 0 spiro atoms. The molecule has 0 aromatic carbocycles. The predicted molar refractivity (Wildman–Crippen MR) is 7.98 cm³/mol. The third kappa shape index (κ3) is 38.9. The first-order valence-corrected chi connectivity index (χ1v) is 0. The summed E-state index contributed by atoms with van der Waals surface area (Å²) in [7, 11) is 0. The van der Waals surface area contributed by atoms with Crippen molar-refractivity contribution in [1.82, 2.24) is 0 Å². The van der Waals surface area contributed by atoms with Gasteiger partial charge in [-0.1, -0.05) is 0 Å². The third-order valence-electron chi connectivity index (χ3n) is 0. The smallest absolute Gasteiger partial charge is 1.00 e. The van der Waals surface area contributed by atoms with Gasteiger partial charge < -0.3 is 2.85 Å². The van der Waals surface area contributed by atoms with Gasteiger partial charge >= 0.3 is 23.1 Å². The molecule has 42 valence electrons. The van der Waals surface area contributed by atoms with Crippen molar-refractivity contribution in [2.45, 2.75) is 0 Å². The molecule has 0 aromatic heterocycles. The Bertz CT molecular complexity index is 26.5. The quantitative estimate of drug-likeness (QED) is 0.523. The molecule has 0 rings (SSSR count). The number of hydrogen-bond acceptors (Lipinski definition) is 0. The normalized spacial score (nSPS) is 0. The summed E-state index contributed by atoms with van der Waals surface area (Å²) in [5.41, 5.74) is 0. The van der Waals surface area contributed by atoms with Crippen molar-refractivity contribution in [1.29, 1.82) is 0 Å². The molecule has 7 heavy (non-hydrogen) atoms. The summed E-state index contributed by atoms with van der Waals surface area (Å²) in [5.74, 6) is 0. The largest absolute Gasteiger partial charge is 2.00 e. The van der Waals surface area contributed by atoms with Crippen LogP contribution >= 0.6 is 0 Å². The van der Waals surface area contributed by atoms with Crippen molar-refractivity contribution in [3.05, 3.63) is 0 Å². The van der Waals surface area contributed by atoms with Gasteiger partial charge in [0.1, 0.15) is 0 Å². The Hall–Kier alpha value is 4.19. The molecule has 0 amide bonds. The van der Waals surface area contributed by atoms with E-state index in [1.54, 1.807) is 0 Å². The molecule has 0 aromatic rings. The Kier molecular flexibility index (Phi) is 463. The molecule has 0 nitrogen and oxygen atoms in total. The second kappa shape index (κ2) is 49.0. The van der Waals surface area contributed by atoms with Crippen molar-refractivity contribution < 1.29 is 113 Å². The van der Waals surface area contributed by atoms with Gasteiger partial charge in [-0.25, -0.2) is 0 Å². The molecular formula is H2CrCuFeMgMnTiZn. The van der Waals surface area contributed by atoms with Gasteiger partial charge in [-0.3, -0.25) is 0 Å². The van der Waals surface area contributed by atoms with Crippen LogP contribution in [0, 0.1) is 0 Å². The van der Waals surface area contributed by atoms with Crippen LogP contribution in [0.2, 0.25) is 0 Å². The maximum atomic E-state index is 0. The zero-order chi connectivity index (χ0) is 0. The van der Waals surface area contributed by atoms with Crippen molar-refractivity contribution in [3.8, 4) is 0 Å². The Balaban J connectivity index is 0. The van der Waals surface area contributed by atoms with E-state index in [0.29, 0.717) is 0 Å². The van der Waals surface area contributed by atoms with E-state index in [-0.39, 0.29) is 136 Å². The summed E-state index contributed by atoms with van der Waals surface area (Å²) >= 11 is 0. The van der Waals surface area contributed by atoms with Gasteiger partial charge in [0, 0.05) is 110 Å². The van der Waals surface area contributed by atoms with Crippen LogP contribution in [0.3, 0.4) is 0 Å². The van der Waals surface area contributed by atoms with Gasteiger partial charge in [0.25, 0.3) is 0 Å². The first-order chi connectivity index (χ1) is 0. The zero-order valence-electron chi connectivity index (χ0n) is 5.36. The van der Waals surface area contributed by atoms with Crippen molar-refractivity contribution in [2.24, 2.45) is 0 Å². The van der Waals surface area contributed by atoms with Crippen LogP contribution in [-0.4, -0.2) is 23.1 Å². The minimum atomic E-state index is 0. The fourth-order valence-corrected chi connectivity index (χ4v) is 0. The summed E-state index contributed by atoms with van der Waals surface area (Å²) < 4.78 is 0. The van der Waals surface area contributed by atoms with E-state index in [4.69, 9.17) is 0 Å². The van der Waals surface area contributed by atoms with Crippen LogP contribution in [0.4, 0.5) is 0 Å². The SMILES string of the molecule is [Cr].[Cu].[Fe].[H-].[H-].[Mg+2].[Mn].[Ti].[Zn]. The second-order valence-electron chi connectivity index (χ2n) is 0. The predicted octanol–water partition coefficient (Wildman–Crippen LogP) is -0.171. The van der Waals surface area contributed by atoms with Gasteiger partial charge in [-0.05, 0) is 0 Å². The topological polar surface area (TPSA) is 0 Å². The molecule has 0 saturated heterocycles. The van der Waals surface area contributed by atoms with Crippen molar-refractivity contribution in [3.63, 3.8) is 0 Å². The molecule has 0 bridgehead atoms. The van der Waals surface area contributed by atoms with E-state index in [0.717, 1.165) is 0 Å². The summed E-state index contributed by atoms with van der Waals surface area (Å²) in [6.45, 7) is 0. The molecule has 0 N–H and O–H groups in total. The maximum Gasteiger partial charge on any atom is 2.00 e.